The molecule has 1 heterocycles. The Kier molecular flexibility index (Phi) is 18.2. The Labute approximate surface area is 173 Å². The predicted octanol–water partition coefficient (Wildman–Crippen LogP) is 1.96. The zero-order valence-corrected chi connectivity index (χ0v) is 18.8. The highest BCUT2D eigenvalue weighted by Gasteiger charge is 2.09. The molecule has 8 N–H and O–H groups in total. The lowest BCUT2D eigenvalue weighted by Crippen LogP contribution is -2.00. The Morgan fingerprint density at radius 3 is 2.03 bits per heavy atom. The molecule has 0 radical (unpaired) electrons. The van der Waals surface area contributed by atoms with Crippen molar-refractivity contribution < 1.29 is 23.8 Å². The molecule has 2 aromatic rings. The van der Waals surface area contributed by atoms with E-state index in [0.717, 1.165) is 11.3 Å². The summed E-state index contributed by atoms with van der Waals surface area (Å²) in [6.07, 6.45) is 0.640. The van der Waals surface area contributed by atoms with Crippen molar-refractivity contribution in [3.63, 3.8) is 0 Å². The molecule has 166 valence electrons. The van der Waals surface area contributed by atoms with E-state index in [1.165, 1.54) is 21.1 Å². The fourth-order valence-corrected chi connectivity index (χ4v) is 2.25. The summed E-state index contributed by atoms with van der Waals surface area (Å²) in [5.74, 6) is 0.930. The Morgan fingerprint density at radius 1 is 1.00 bits per heavy atom. The Bertz CT molecular complexity index is 685. The van der Waals surface area contributed by atoms with Gasteiger partial charge < -0.3 is 31.9 Å². The van der Waals surface area contributed by atoms with Gasteiger partial charge in [0.2, 0.25) is 0 Å². The number of nitrogens with zero attached hydrogens (tertiary/aromatic N) is 1. The van der Waals surface area contributed by atoms with E-state index >= 15 is 0 Å². The first-order chi connectivity index (χ1) is 14.0. The van der Waals surface area contributed by atoms with Crippen LogP contribution in [-0.4, -0.2) is 42.9 Å². The van der Waals surface area contributed by atoms with Gasteiger partial charge in [0, 0.05) is 12.1 Å². The highest BCUT2D eigenvalue weighted by Crippen LogP contribution is 2.24. The molecular weight excluding hydrogens is 395 g/mol. The van der Waals surface area contributed by atoms with Crippen molar-refractivity contribution in [2.45, 2.75) is 26.2 Å². The molecule has 0 saturated heterocycles. The number of rotatable bonds is 7. The first-order valence-electron chi connectivity index (χ1n) is 8.95. The van der Waals surface area contributed by atoms with Crippen LogP contribution < -0.4 is 21.9 Å². The number of hydrogen-bond donors (Lipinski definition) is 5. The summed E-state index contributed by atoms with van der Waals surface area (Å²) in [6.45, 7) is 3.72. The Hall–Kier alpha value is -2.00. The maximum Gasteiger partial charge on any atom is 0.319 e. The van der Waals surface area contributed by atoms with Crippen LogP contribution in [0.15, 0.2) is 36.4 Å². The van der Waals surface area contributed by atoms with Gasteiger partial charge in [0.1, 0.15) is 11.5 Å². The summed E-state index contributed by atoms with van der Waals surface area (Å²) >= 11 is 0. The molecule has 0 fully saturated rings. The van der Waals surface area contributed by atoms with Crippen LogP contribution in [0.5, 0.6) is 11.5 Å². The number of ether oxygens (including phenoxy) is 1. The number of hydrogen-bond acceptors (Lipinski definition) is 8. The first-order valence-corrected chi connectivity index (χ1v) is 10.2. The van der Waals surface area contributed by atoms with Crippen LogP contribution in [0.2, 0.25) is 0 Å². The molecule has 0 aliphatic heterocycles. The standard InChI is InChI=1S/C16H20NO5P.3CH5N/c1-11(2)16-15(18)8-5-13(17-16)9-12-3-6-14(7-4-12)21-10-22-23(19)20;3*1-2/h3-8,11,18,23H,9-10H2,1-2H3,(H,19,20);3*2H2,1H3. The summed E-state index contributed by atoms with van der Waals surface area (Å²) < 4.78 is 20.1. The lowest BCUT2D eigenvalue weighted by atomic mass is 10.1. The van der Waals surface area contributed by atoms with Crippen LogP contribution in [-0.2, 0) is 15.5 Å². The van der Waals surface area contributed by atoms with Gasteiger partial charge in [-0.1, -0.05) is 26.0 Å². The monoisotopic (exact) mass is 430 g/mol. The Morgan fingerprint density at radius 2 is 1.55 bits per heavy atom. The summed E-state index contributed by atoms with van der Waals surface area (Å²) in [4.78, 5) is 13.0. The van der Waals surface area contributed by atoms with Crippen molar-refractivity contribution in [3.8, 4) is 11.5 Å². The molecule has 1 aromatic carbocycles. The van der Waals surface area contributed by atoms with Crippen LogP contribution in [0.1, 0.15) is 36.7 Å². The quantitative estimate of drug-likeness (QED) is 0.326. The number of aromatic hydroxyl groups is 1. The van der Waals surface area contributed by atoms with Crippen molar-refractivity contribution in [2.24, 2.45) is 17.2 Å². The normalized spacial score (nSPS) is 10.4. The molecule has 0 spiro atoms. The average Bonchev–Trinajstić information content (AvgIpc) is 2.74. The van der Waals surface area contributed by atoms with Crippen molar-refractivity contribution in [3.05, 3.63) is 53.3 Å². The number of aromatic nitrogens is 1. The first kappa shape index (κ1) is 29.2. The third-order valence-electron chi connectivity index (χ3n) is 3.22. The molecule has 0 amide bonds. The summed E-state index contributed by atoms with van der Waals surface area (Å²) in [6, 6.07) is 10.8. The topological polar surface area (TPSA) is 167 Å². The SMILES string of the molecule is CC(C)c1nc(Cc2ccc(OCO[PH](=O)O)cc2)ccc1O.CN.CN.CN. The van der Waals surface area contributed by atoms with Gasteiger partial charge in [-0.15, -0.1) is 0 Å². The minimum atomic E-state index is -2.97. The van der Waals surface area contributed by atoms with E-state index in [9.17, 15) is 9.67 Å². The van der Waals surface area contributed by atoms with Gasteiger partial charge in [-0.3, -0.25) is 14.1 Å². The van der Waals surface area contributed by atoms with E-state index in [2.05, 4.69) is 26.7 Å². The molecule has 10 heteroatoms. The van der Waals surface area contributed by atoms with Crippen LogP contribution in [0, 0.1) is 0 Å². The van der Waals surface area contributed by atoms with Gasteiger partial charge in [0.25, 0.3) is 0 Å². The minimum Gasteiger partial charge on any atom is -0.506 e. The molecule has 0 bridgehead atoms. The van der Waals surface area contributed by atoms with Gasteiger partial charge in [-0.25, -0.2) is 0 Å². The lowest BCUT2D eigenvalue weighted by Gasteiger charge is -2.10. The maximum atomic E-state index is 10.4. The van der Waals surface area contributed by atoms with E-state index in [1.54, 1.807) is 24.3 Å². The molecule has 0 aliphatic rings. The second kappa shape index (κ2) is 18.1. The van der Waals surface area contributed by atoms with E-state index in [0.29, 0.717) is 17.9 Å². The lowest BCUT2D eigenvalue weighted by molar-refractivity contribution is 0.115. The second-order valence-corrected chi connectivity index (χ2v) is 6.18. The second-order valence-electron chi connectivity index (χ2n) is 5.35. The number of benzene rings is 1. The van der Waals surface area contributed by atoms with Crippen LogP contribution in [0.3, 0.4) is 0 Å². The molecular formula is C19H35N4O5P. The summed E-state index contributed by atoms with van der Waals surface area (Å²) in [5, 5.41) is 9.80. The highest BCUT2D eigenvalue weighted by molar-refractivity contribution is 7.32. The minimum absolute atomic E-state index is 0.157. The van der Waals surface area contributed by atoms with Gasteiger partial charge in [0.05, 0.1) is 5.69 Å². The van der Waals surface area contributed by atoms with Crippen LogP contribution in [0.25, 0.3) is 0 Å². The smallest absolute Gasteiger partial charge is 0.319 e. The van der Waals surface area contributed by atoms with E-state index in [1.807, 2.05) is 26.0 Å². The largest absolute Gasteiger partial charge is 0.506 e. The molecule has 2 rings (SSSR count). The zero-order chi connectivity index (χ0) is 22.8. The van der Waals surface area contributed by atoms with Gasteiger partial charge in [0.15, 0.2) is 6.79 Å². The number of nitrogens with two attached hydrogens (primary N) is 3. The van der Waals surface area contributed by atoms with Crippen LogP contribution >= 0.6 is 8.25 Å². The zero-order valence-electron chi connectivity index (χ0n) is 17.8. The molecule has 1 unspecified atom stereocenters. The fourth-order valence-electron chi connectivity index (χ4n) is 2.09. The van der Waals surface area contributed by atoms with E-state index < -0.39 is 8.25 Å². The highest BCUT2D eigenvalue weighted by atomic mass is 31.1. The van der Waals surface area contributed by atoms with Gasteiger partial charge in [-0.05, 0) is 56.9 Å². The summed E-state index contributed by atoms with van der Waals surface area (Å²) in [5.41, 5.74) is 16.1. The Balaban J connectivity index is 0. The van der Waals surface area contributed by atoms with E-state index in [4.69, 9.17) is 9.63 Å². The maximum absolute atomic E-state index is 10.4. The molecule has 0 saturated carbocycles. The van der Waals surface area contributed by atoms with Crippen molar-refractivity contribution in [1.82, 2.24) is 4.98 Å². The molecule has 9 nitrogen and oxygen atoms in total. The molecule has 1 atom stereocenters. The van der Waals surface area contributed by atoms with Crippen molar-refractivity contribution >= 4 is 8.25 Å². The fraction of sp³-hybridized carbons (Fsp3) is 0.421. The molecule has 29 heavy (non-hydrogen) atoms. The predicted molar refractivity (Wildman–Crippen MR) is 117 cm³/mol. The van der Waals surface area contributed by atoms with Crippen molar-refractivity contribution in [2.75, 3.05) is 27.9 Å². The molecule has 1 aromatic heterocycles. The van der Waals surface area contributed by atoms with Gasteiger partial charge in [-0.2, -0.15) is 0 Å². The van der Waals surface area contributed by atoms with Crippen molar-refractivity contribution in [1.29, 1.82) is 0 Å². The third kappa shape index (κ3) is 12.2. The van der Waals surface area contributed by atoms with Crippen LogP contribution in [0.4, 0.5) is 0 Å². The van der Waals surface area contributed by atoms with E-state index in [-0.39, 0.29) is 18.5 Å². The van der Waals surface area contributed by atoms with Gasteiger partial charge >= 0.3 is 8.25 Å². The molecule has 0 aliphatic carbocycles. The average molecular weight is 430 g/mol. The summed E-state index contributed by atoms with van der Waals surface area (Å²) in [7, 11) is 1.53. The third-order valence-corrected chi connectivity index (χ3v) is 3.59. The number of pyridine rings is 1.